The molecule has 0 aliphatic rings. The largest absolute Gasteiger partial charge is 0.497 e. The van der Waals surface area contributed by atoms with Gasteiger partial charge in [0.2, 0.25) is 11.7 Å². The van der Waals surface area contributed by atoms with Crippen LogP contribution >= 0.6 is 11.8 Å². The number of fused-ring (bicyclic) bond motifs is 1. The number of carbonyl (C=O) groups is 1. The van der Waals surface area contributed by atoms with Crippen LogP contribution in [0.5, 0.6) is 11.5 Å². The summed E-state index contributed by atoms with van der Waals surface area (Å²) < 4.78 is 18.5. The fourth-order valence-corrected chi connectivity index (χ4v) is 4.13. The third-order valence-electron chi connectivity index (χ3n) is 4.96. The van der Waals surface area contributed by atoms with Gasteiger partial charge in [-0.3, -0.25) is 9.36 Å². The number of para-hydroxylation sites is 1. The monoisotopic (exact) mass is 452 g/mol. The molecule has 1 N–H and O–H groups in total. The number of methoxy groups -OCH3 is 2. The molecule has 0 atom stereocenters. The summed E-state index contributed by atoms with van der Waals surface area (Å²) in [5, 5.41) is 13.1. The van der Waals surface area contributed by atoms with Crippen molar-refractivity contribution >= 4 is 28.6 Å². The van der Waals surface area contributed by atoms with E-state index in [1.165, 1.54) is 11.8 Å². The maximum absolute atomic E-state index is 12.3. The van der Waals surface area contributed by atoms with Crippen LogP contribution in [0.1, 0.15) is 12.5 Å². The van der Waals surface area contributed by atoms with E-state index in [4.69, 9.17) is 13.9 Å². The van der Waals surface area contributed by atoms with Crippen molar-refractivity contribution in [2.75, 3.05) is 20.0 Å². The van der Waals surface area contributed by atoms with Gasteiger partial charge in [-0.1, -0.05) is 36.0 Å². The van der Waals surface area contributed by atoms with Crippen LogP contribution in [-0.2, 0) is 17.9 Å². The molecule has 32 heavy (non-hydrogen) atoms. The van der Waals surface area contributed by atoms with Crippen LogP contribution in [-0.4, -0.2) is 40.6 Å². The van der Waals surface area contributed by atoms with Crippen LogP contribution in [0.25, 0.3) is 22.6 Å². The predicted molar refractivity (Wildman–Crippen MR) is 123 cm³/mol. The molecular weight excluding hydrogens is 428 g/mol. The molecule has 0 saturated heterocycles. The fraction of sp³-hybridized carbons (Fsp3) is 0.261. The van der Waals surface area contributed by atoms with Crippen molar-refractivity contribution in [3.05, 3.63) is 54.1 Å². The Morgan fingerprint density at radius 2 is 1.94 bits per heavy atom. The van der Waals surface area contributed by atoms with Crippen LogP contribution in [0.3, 0.4) is 0 Å². The number of aromatic nitrogens is 3. The Kier molecular flexibility index (Phi) is 6.65. The molecule has 2 aromatic heterocycles. The van der Waals surface area contributed by atoms with E-state index in [9.17, 15) is 4.79 Å². The van der Waals surface area contributed by atoms with E-state index in [1.54, 1.807) is 14.2 Å². The molecule has 2 aromatic carbocycles. The highest BCUT2D eigenvalue weighted by Crippen LogP contribution is 2.33. The third kappa shape index (κ3) is 4.57. The van der Waals surface area contributed by atoms with Crippen molar-refractivity contribution in [3.8, 4) is 23.1 Å². The predicted octanol–water partition coefficient (Wildman–Crippen LogP) is 4.14. The van der Waals surface area contributed by atoms with Gasteiger partial charge in [0, 0.05) is 18.5 Å². The molecule has 0 aliphatic heterocycles. The van der Waals surface area contributed by atoms with Crippen molar-refractivity contribution < 1.29 is 18.7 Å². The average Bonchev–Trinajstić information content (AvgIpc) is 3.45. The van der Waals surface area contributed by atoms with Gasteiger partial charge >= 0.3 is 0 Å². The maximum atomic E-state index is 12.3. The molecule has 0 fully saturated rings. The summed E-state index contributed by atoms with van der Waals surface area (Å²) >= 11 is 1.34. The van der Waals surface area contributed by atoms with Crippen molar-refractivity contribution in [2.24, 2.45) is 0 Å². The second-order valence-corrected chi connectivity index (χ2v) is 7.90. The van der Waals surface area contributed by atoms with E-state index in [0.717, 1.165) is 16.7 Å². The number of carbonyl (C=O) groups excluding carboxylic acids is 1. The summed E-state index contributed by atoms with van der Waals surface area (Å²) in [6.45, 7) is 3.10. The first-order valence-corrected chi connectivity index (χ1v) is 11.1. The zero-order valence-corrected chi connectivity index (χ0v) is 18.9. The number of benzene rings is 2. The molecule has 1 amide bonds. The molecule has 0 unspecified atom stereocenters. The molecule has 166 valence electrons. The highest BCUT2D eigenvalue weighted by Gasteiger charge is 2.19. The molecule has 8 nitrogen and oxygen atoms in total. The van der Waals surface area contributed by atoms with E-state index < -0.39 is 0 Å². The summed E-state index contributed by atoms with van der Waals surface area (Å²) in [5.41, 5.74) is 1.67. The normalized spacial score (nSPS) is 11.0. The van der Waals surface area contributed by atoms with Crippen LogP contribution in [0.2, 0.25) is 0 Å². The summed E-state index contributed by atoms with van der Waals surface area (Å²) in [6.07, 6.45) is 0. The van der Waals surface area contributed by atoms with E-state index in [0.29, 0.717) is 41.2 Å². The quantitative estimate of drug-likeness (QED) is 0.382. The van der Waals surface area contributed by atoms with Crippen molar-refractivity contribution in [3.63, 3.8) is 0 Å². The van der Waals surface area contributed by atoms with Crippen molar-refractivity contribution in [2.45, 2.75) is 25.2 Å². The molecule has 0 spiro atoms. The van der Waals surface area contributed by atoms with Crippen molar-refractivity contribution in [1.29, 1.82) is 0 Å². The van der Waals surface area contributed by atoms with Gasteiger partial charge in [-0.15, -0.1) is 10.2 Å². The Bertz CT molecular complexity index is 1220. The summed E-state index contributed by atoms with van der Waals surface area (Å²) in [6, 6.07) is 15.2. The number of thioether (sulfide) groups is 1. The van der Waals surface area contributed by atoms with Gasteiger partial charge in [0.15, 0.2) is 22.2 Å². The molecule has 2 heterocycles. The van der Waals surface area contributed by atoms with Gasteiger partial charge in [-0.2, -0.15) is 0 Å². The Morgan fingerprint density at radius 1 is 1.12 bits per heavy atom. The lowest BCUT2D eigenvalue weighted by Crippen LogP contribution is -2.24. The number of hydrogen-bond donors (Lipinski definition) is 1. The van der Waals surface area contributed by atoms with Gasteiger partial charge < -0.3 is 19.2 Å². The number of ether oxygens (including phenoxy) is 2. The number of nitrogens with zero attached hydrogens (tertiary/aromatic N) is 3. The first-order valence-electron chi connectivity index (χ1n) is 10.2. The number of nitrogens with one attached hydrogen (secondary N) is 1. The van der Waals surface area contributed by atoms with Gasteiger partial charge in [-0.05, 0) is 36.8 Å². The average molecular weight is 453 g/mol. The minimum absolute atomic E-state index is 0.0773. The molecule has 9 heteroatoms. The molecule has 4 aromatic rings. The van der Waals surface area contributed by atoms with Gasteiger partial charge in [0.05, 0.1) is 20.0 Å². The van der Waals surface area contributed by atoms with Crippen LogP contribution in [0.4, 0.5) is 0 Å². The number of furan rings is 1. The summed E-state index contributed by atoms with van der Waals surface area (Å²) in [4.78, 5) is 12.3. The standard InChI is InChI=1S/C23H24N4O4S/c1-4-27-22(19-12-16-6-5-7-18(30-3)21(16)31-19)25-26-23(27)32-14-20(28)24-13-15-8-10-17(29-2)11-9-15/h5-12H,4,13-14H2,1-3H3,(H,24,28). The SMILES string of the molecule is CCn1c(SCC(=O)NCc2ccc(OC)cc2)nnc1-c1cc2cccc(OC)c2o1. The summed E-state index contributed by atoms with van der Waals surface area (Å²) in [7, 11) is 3.24. The lowest BCUT2D eigenvalue weighted by molar-refractivity contribution is -0.118. The van der Waals surface area contributed by atoms with E-state index in [-0.39, 0.29) is 11.7 Å². The second-order valence-electron chi connectivity index (χ2n) is 6.95. The molecule has 4 rings (SSSR count). The van der Waals surface area contributed by atoms with Gasteiger partial charge in [-0.25, -0.2) is 0 Å². The Balaban J connectivity index is 1.42. The van der Waals surface area contributed by atoms with Crippen LogP contribution < -0.4 is 14.8 Å². The van der Waals surface area contributed by atoms with E-state index in [1.807, 2.05) is 60.0 Å². The zero-order chi connectivity index (χ0) is 22.5. The van der Waals surface area contributed by atoms with E-state index in [2.05, 4.69) is 15.5 Å². The number of hydrogen-bond acceptors (Lipinski definition) is 7. The van der Waals surface area contributed by atoms with Crippen LogP contribution in [0.15, 0.2) is 58.1 Å². The van der Waals surface area contributed by atoms with Crippen molar-refractivity contribution in [1.82, 2.24) is 20.1 Å². The minimum atomic E-state index is -0.0773. The number of rotatable bonds is 9. The fourth-order valence-electron chi connectivity index (χ4n) is 3.30. The first-order chi connectivity index (χ1) is 15.6. The Labute approximate surface area is 189 Å². The van der Waals surface area contributed by atoms with Gasteiger partial charge in [0.25, 0.3) is 0 Å². The van der Waals surface area contributed by atoms with E-state index >= 15 is 0 Å². The highest BCUT2D eigenvalue weighted by atomic mass is 32.2. The maximum Gasteiger partial charge on any atom is 0.230 e. The Morgan fingerprint density at radius 3 is 2.66 bits per heavy atom. The lowest BCUT2D eigenvalue weighted by Gasteiger charge is -2.07. The summed E-state index contributed by atoms with van der Waals surface area (Å²) in [5.74, 6) is 2.84. The molecule has 0 bridgehead atoms. The van der Waals surface area contributed by atoms with Gasteiger partial charge in [0.1, 0.15) is 5.75 Å². The minimum Gasteiger partial charge on any atom is -0.497 e. The molecule has 0 radical (unpaired) electrons. The topological polar surface area (TPSA) is 91.4 Å². The number of amides is 1. The Hall–Kier alpha value is -3.46. The zero-order valence-electron chi connectivity index (χ0n) is 18.1. The third-order valence-corrected chi connectivity index (χ3v) is 5.93. The molecule has 0 aliphatic carbocycles. The smallest absolute Gasteiger partial charge is 0.230 e. The van der Waals surface area contributed by atoms with Crippen LogP contribution in [0, 0.1) is 0 Å². The lowest BCUT2D eigenvalue weighted by atomic mass is 10.2. The molecule has 0 saturated carbocycles. The highest BCUT2D eigenvalue weighted by molar-refractivity contribution is 7.99. The first kappa shape index (κ1) is 21.8. The molecular formula is C23H24N4O4S. The second kappa shape index (κ2) is 9.78.